The molecule has 0 spiro atoms. The van der Waals surface area contributed by atoms with Crippen LogP contribution < -0.4 is 0 Å². The third kappa shape index (κ3) is 3.85. The van der Waals surface area contributed by atoms with E-state index in [0.29, 0.717) is 12.5 Å². The molecule has 112 valence electrons. The lowest BCUT2D eigenvalue weighted by Gasteiger charge is -2.35. The molecule has 2 rings (SSSR count). The lowest BCUT2D eigenvalue weighted by Crippen LogP contribution is -2.41. The lowest BCUT2D eigenvalue weighted by molar-refractivity contribution is 0.0281. The van der Waals surface area contributed by atoms with E-state index in [1.807, 2.05) is 20.8 Å². The van der Waals surface area contributed by atoms with Crippen LogP contribution in [0.1, 0.15) is 40.5 Å². The molecule has 2 aliphatic rings. The Hall–Kier alpha value is -1.29. The second kappa shape index (κ2) is 6.00. The predicted molar refractivity (Wildman–Crippen MR) is 78.3 cm³/mol. The van der Waals surface area contributed by atoms with Crippen LogP contribution in [-0.2, 0) is 9.47 Å². The molecule has 1 atom stereocenters. The van der Waals surface area contributed by atoms with Crippen molar-refractivity contribution in [3.05, 3.63) is 23.4 Å². The number of ether oxygens (including phenoxy) is 2. The molecular formula is C16H25NO3. The third-order valence-electron chi connectivity index (χ3n) is 3.40. The van der Waals surface area contributed by atoms with Crippen molar-refractivity contribution in [3.63, 3.8) is 0 Å². The van der Waals surface area contributed by atoms with E-state index in [0.717, 1.165) is 31.7 Å². The average Bonchev–Trinajstić information content (AvgIpc) is 2.37. The normalized spacial score (nSPS) is 24.0. The van der Waals surface area contributed by atoms with Crippen molar-refractivity contribution in [2.45, 2.75) is 46.1 Å². The van der Waals surface area contributed by atoms with Crippen LogP contribution in [0.2, 0.25) is 0 Å². The van der Waals surface area contributed by atoms with Crippen LogP contribution in [0.3, 0.4) is 0 Å². The van der Waals surface area contributed by atoms with Crippen LogP contribution in [0.25, 0.3) is 0 Å². The van der Waals surface area contributed by atoms with E-state index in [-0.39, 0.29) is 6.09 Å². The van der Waals surface area contributed by atoms with Gasteiger partial charge in [-0.15, -0.1) is 0 Å². The summed E-state index contributed by atoms with van der Waals surface area (Å²) < 4.78 is 10.9. The second-order valence-electron chi connectivity index (χ2n) is 6.58. The highest BCUT2D eigenvalue weighted by molar-refractivity contribution is 5.72. The molecule has 4 nitrogen and oxygen atoms in total. The highest BCUT2D eigenvalue weighted by Gasteiger charge is 2.30. The second-order valence-corrected chi connectivity index (χ2v) is 6.58. The summed E-state index contributed by atoms with van der Waals surface area (Å²) in [5, 5.41) is 0. The first kappa shape index (κ1) is 15.1. The van der Waals surface area contributed by atoms with Crippen molar-refractivity contribution < 1.29 is 14.3 Å². The summed E-state index contributed by atoms with van der Waals surface area (Å²) in [6.45, 7) is 9.92. The van der Waals surface area contributed by atoms with Gasteiger partial charge in [-0.05, 0) is 45.1 Å². The molecule has 20 heavy (non-hydrogen) atoms. The maximum atomic E-state index is 12.4. The highest BCUT2D eigenvalue weighted by Crippen LogP contribution is 2.29. The summed E-state index contributed by atoms with van der Waals surface area (Å²) in [7, 11) is 0. The zero-order valence-corrected chi connectivity index (χ0v) is 12.9. The Morgan fingerprint density at radius 3 is 2.75 bits per heavy atom. The summed E-state index contributed by atoms with van der Waals surface area (Å²) in [4.78, 5) is 14.2. The van der Waals surface area contributed by atoms with Crippen molar-refractivity contribution in [1.82, 2.24) is 4.90 Å². The van der Waals surface area contributed by atoms with Gasteiger partial charge >= 0.3 is 6.09 Å². The number of hydrogen-bond acceptors (Lipinski definition) is 3. The maximum absolute atomic E-state index is 12.4. The zero-order chi connectivity index (χ0) is 14.8. The Labute approximate surface area is 121 Å². The van der Waals surface area contributed by atoms with Gasteiger partial charge in [0.25, 0.3) is 0 Å². The first-order valence-corrected chi connectivity index (χ1v) is 7.34. The topological polar surface area (TPSA) is 38.8 Å². The Kier molecular flexibility index (Phi) is 4.53. The van der Waals surface area contributed by atoms with Crippen LogP contribution in [0.15, 0.2) is 23.4 Å². The van der Waals surface area contributed by atoms with Gasteiger partial charge in [0, 0.05) is 12.2 Å². The van der Waals surface area contributed by atoms with E-state index in [9.17, 15) is 4.79 Å². The number of amides is 1. The molecule has 0 aliphatic carbocycles. The van der Waals surface area contributed by atoms with Crippen molar-refractivity contribution in [2.24, 2.45) is 5.92 Å². The number of nitrogens with zero attached hydrogens (tertiary/aromatic N) is 1. The van der Waals surface area contributed by atoms with E-state index in [2.05, 4.69) is 19.1 Å². The monoisotopic (exact) mass is 279 g/mol. The maximum Gasteiger partial charge on any atom is 0.414 e. The SMILES string of the molecule is CC1CC=C(C2=CCOCC2)N(C(=O)OC(C)(C)C)C1. The molecule has 0 saturated carbocycles. The molecular weight excluding hydrogens is 254 g/mol. The number of allylic oxidation sites excluding steroid dienone is 2. The van der Waals surface area contributed by atoms with Gasteiger partial charge in [-0.3, -0.25) is 4.90 Å². The summed E-state index contributed by atoms with van der Waals surface area (Å²) >= 11 is 0. The van der Waals surface area contributed by atoms with E-state index < -0.39 is 5.60 Å². The molecule has 0 aromatic rings. The molecule has 1 unspecified atom stereocenters. The quantitative estimate of drug-likeness (QED) is 0.737. The van der Waals surface area contributed by atoms with Crippen LogP contribution in [-0.4, -0.2) is 36.4 Å². The minimum absolute atomic E-state index is 0.248. The van der Waals surface area contributed by atoms with Crippen LogP contribution in [0, 0.1) is 5.92 Å². The standard InChI is InChI=1S/C16H25NO3/c1-12-5-6-14(13-7-9-19-10-8-13)17(11-12)15(18)20-16(2,3)4/h6-7,12H,5,8-11H2,1-4H3. The molecule has 0 bridgehead atoms. The fraction of sp³-hybridized carbons (Fsp3) is 0.688. The van der Waals surface area contributed by atoms with Gasteiger partial charge in [0.1, 0.15) is 5.60 Å². The van der Waals surface area contributed by atoms with Gasteiger partial charge in [0.05, 0.1) is 13.2 Å². The Bertz CT molecular complexity index is 431. The third-order valence-corrected chi connectivity index (χ3v) is 3.40. The fourth-order valence-electron chi connectivity index (χ4n) is 2.46. The summed E-state index contributed by atoms with van der Waals surface area (Å²) in [6, 6.07) is 0. The summed E-state index contributed by atoms with van der Waals surface area (Å²) in [5.74, 6) is 0.465. The molecule has 0 fully saturated rings. The van der Waals surface area contributed by atoms with Gasteiger partial charge in [-0.2, -0.15) is 0 Å². The highest BCUT2D eigenvalue weighted by atomic mass is 16.6. The van der Waals surface area contributed by atoms with Gasteiger partial charge in [0.2, 0.25) is 0 Å². The van der Waals surface area contributed by atoms with Crippen molar-refractivity contribution in [1.29, 1.82) is 0 Å². The zero-order valence-electron chi connectivity index (χ0n) is 12.9. The van der Waals surface area contributed by atoms with E-state index in [1.165, 1.54) is 5.57 Å². The van der Waals surface area contributed by atoms with Crippen LogP contribution in [0.4, 0.5) is 4.79 Å². The number of rotatable bonds is 1. The van der Waals surface area contributed by atoms with Gasteiger partial charge < -0.3 is 9.47 Å². The van der Waals surface area contributed by atoms with Gasteiger partial charge in [-0.25, -0.2) is 4.79 Å². The number of hydrogen-bond donors (Lipinski definition) is 0. The molecule has 0 N–H and O–H groups in total. The van der Waals surface area contributed by atoms with E-state index in [1.54, 1.807) is 4.90 Å². The van der Waals surface area contributed by atoms with Crippen molar-refractivity contribution >= 4 is 6.09 Å². The van der Waals surface area contributed by atoms with E-state index >= 15 is 0 Å². The molecule has 0 radical (unpaired) electrons. The molecule has 0 saturated heterocycles. The first-order chi connectivity index (χ1) is 9.37. The summed E-state index contributed by atoms with van der Waals surface area (Å²) in [6.07, 6.45) is 5.85. The smallest absolute Gasteiger partial charge is 0.414 e. The van der Waals surface area contributed by atoms with Crippen LogP contribution in [0.5, 0.6) is 0 Å². The minimum atomic E-state index is -0.465. The lowest BCUT2D eigenvalue weighted by atomic mass is 9.96. The number of carbonyl (C=O) groups is 1. The predicted octanol–water partition coefficient (Wildman–Crippen LogP) is 3.49. The van der Waals surface area contributed by atoms with Crippen molar-refractivity contribution in [3.8, 4) is 0 Å². The van der Waals surface area contributed by atoms with Gasteiger partial charge in [-0.1, -0.05) is 19.1 Å². The number of carbonyl (C=O) groups excluding carboxylic acids is 1. The molecule has 2 heterocycles. The molecule has 0 aromatic carbocycles. The largest absolute Gasteiger partial charge is 0.443 e. The van der Waals surface area contributed by atoms with Crippen LogP contribution >= 0.6 is 0 Å². The Morgan fingerprint density at radius 1 is 1.40 bits per heavy atom. The molecule has 2 aliphatic heterocycles. The van der Waals surface area contributed by atoms with Crippen molar-refractivity contribution in [2.75, 3.05) is 19.8 Å². The molecule has 0 aromatic heterocycles. The first-order valence-electron chi connectivity index (χ1n) is 7.34. The Balaban J connectivity index is 2.19. The molecule has 4 heteroatoms. The fourth-order valence-corrected chi connectivity index (χ4v) is 2.46. The van der Waals surface area contributed by atoms with Gasteiger partial charge in [0.15, 0.2) is 0 Å². The van der Waals surface area contributed by atoms with E-state index in [4.69, 9.17) is 9.47 Å². The Morgan fingerprint density at radius 2 is 2.15 bits per heavy atom. The molecule has 1 amide bonds. The summed E-state index contributed by atoms with van der Waals surface area (Å²) in [5.41, 5.74) is 1.75. The average molecular weight is 279 g/mol. The minimum Gasteiger partial charge on any atom is -0.443 e.